The van der Waals surface area contributed by atoms with Crippen molar-refractivity contribution >= 4 is 11.9 Å². The second-order valence-corrected chi connectivity index (χ2v) is 12.9. The molecule has 0 aliphatic carbocycles. The van der Waals surface area contributed by atoms with Crippen molar-refractivity contribution < 1.29 is 28.5 Å². The highest BCUT2D eigenvalue weighted by molar-refractivity contribution is 5.84. The lowest BCUT2D eigenvalue weighted by atomic mass is 9.98. The van der Waals surface area contributed by atoms with E-state index in [1.807, 2.05) is 78.9 Å². The lowest BCUT2D eigenvalue weighted by Gasteiger charge is -2.30. The smallest absolute Gasteiger partial charge is 0.329 e. The van der Waals surface area contributed by atoms with E-state index in [1.165, 1.54) is 4.90 Å². The van der Waals surface area contributed by atoms with Crippen molar-refractivity contribution in [2.45, 2.75) is 96.7 Å². The zero-order chi connectivity index (χ0) is 36.0. The van der Waals surface area contributed by atoms with Gasteiger partial charge in [-0.3, -0.25) is 4.79 Å². The summed E-state index contributed by atoms with van der Waals surface area (Å²) < 4.78 is 24.3. The molecule has 1 amide bonds. The number of benzene rings is 3. The van der Waals surface area contributed by atoms with Crippen LogP contribution < -0.4 is 4.74 Å². The minimum atomic E-state index is -0.792. The maximum atomic E-state index is 14.0. The lowest BCUT2D eigenvalue weighted by Crippen LogP contribution is -2.46. The minimum Gasteiger partial charge on any atom is -0.491 e. The van der Waals surface area contributed by atoms with Crippen molar-refractivity contribution in [2.24, 2.45) is 5.92 Å². The average Bonchev–Trinajstić information content (AvgIpc) is 3.14. The number of allylic oxidation sites excluding steroid dienone is 2. The Morgan fingerprint density at radius 1 is 0.800 bits per heavy atom. The van der Waals surface area contributed by atoms with Crippen molar-refractivity contribution in [1.29, 1.82) is 0 Å². The highest BCUT2D eigenvalue weighted by Crippen LogP contribution is 2.23. The molecule has 3 aromatic carbocycles. The Morgan fingerprint density at radius 2 is 1.46 bits per heavy atom. The molecule has 7 heteroatoms. The van der Waals surface area contributed by atoms with Gasteiger partial charge in [0.05, 0.1) is 25.9 Å². The fraction of sp³-hybridized carbons (Fsp3) is 0.442. The van der Waals surface area contributed by atoms with E-state index in [9.17, 15) is 9.59 Å². The molecule has 0 aromatic heterocycles. The number of amides is 1. The highest BCUT2D eigenvalue weighted by atomic mass is 16.5. The summed E-state index contributed by atoms with van der Waals surface area (Å²) in [4.78, 5) is 28.8. The molecule has 3 aromatic rings. The van der Waals surface area contributed by atoms with E-state index < -0.39 is 12.0 Å². The van der Waals surface area contributed by atoms with Crippen LogP contribution in [0.3, 0.4) is 0 Å². The molecule has 0 N–H and O–H groups in total. The second kappa shape index (κ2) is 23.2. The van der Waals surface area contributed by atoms with Crippen LogP contribution in [0.4, 0.5) is 0 Å². The van der Waals surface area contributed by atoms with E-state index in [0.29, 0.717) is 57.9 Å². The molecule has 0 heterocycles. The SMILES string of the molecule is C=CCCC(=O)N(C)[C@@H](Cc1ccc(OCCOCc2ccccc2)cc1)C(=O)O[C@@H](CC[C@H](C)C=C)C[C@H](CCC)OCc1ccccc1. The van der Waals surface area contributed by atoms with Gasteiger partial charge in [0.25, 0.3) is 0 Å². The van der Waals surface area contributed by atoms with Crippen LogP contribution in [-0.4, -0.2) is 55.3 Å². The number of hydrogen-bond acceptors (Lipinski definition) is 6. The van der Waals surface area contributed by atoms with Gasteiger partial charge in [-0.15, -0.1) is 13.2 Å². The molecule has 7 nitrogen and oxygen atoms in total. The highest BCUT2D eigenvalue weighted by Gasteiger charge is 2.31. The third-order valence-corrected chi connectivity index (χ3v) is 8.75. The molecule has 50 heavy (non-hydrogen) atoms. The first-order chi connectivity index (χ1) is 24.3. The van der Waals surface area contributed by atoms with Crippen LogP contribution in [0.15, 0.2) is 110 Å². The summed E-state index contributed by atoms with van der Waals surface area (Å²) in [5.41, 5.74) is 3.12. The molecule has 4 atom stereocenters. The van der Waals surface area contributed by atoms with E-state index in [2.05, 4.69) is 39.1 Å². The molecular formula is C43H57NO6. The first-order valence-corrected chi connectivity index (χ1v) is 18.0. The number of ether oxygens (including phenoxy) is 4. The Morgan fingerprint density at radius 3 is 2.08 bits per heavy atom. The van der Waals surface area contributed by atoms with Crippen molar-refractivity contribution in [1.82, 2.24) is 4.90 Å². The van der Waals surface area contributed by atoms with Crippen LogP contribution in [0.1, 0.15) is 75.5 Å². The average molecular weight is 684 g/mol. The predicted molar refractivity (Wildman–Crippen MR) is 201 cm³/mol. The molecule has 3 rings (SSSR count). The number of likely N-dealkylation sites (N-methyl/N-ethyl adjacent to an activating group) is 1. The van der Waals surface area contributed by atoms with Gasteiger partial charge in [-0.05, 0) is 60.4 Å². The first-order valence-electron chi connectivity index (χ1n) is 18.0. The van der Waals surface area contributed by atoms with E-state index in [4.69, 9.17) is 18.9 Å². The summed E-state index contributed by atoms with van der Waals surface area (Å²) in [5.74, 6) is 0.445. The van der Waals surface area contributed by atoms with Crippen LogP contribution >= 0.6 is 0 Å². The van der Waals surface area contributed by atoms with Gasteiger partial charge in [-0.2, -0.15) is 0 Å². The van der Waals surface area contributed by atoms with Crippen LogP contribution in [0, 0.1) is 5.92 Å². The molecule has 270 valence electrons. The number of esters is 1. The molecule has 0 unspecified atom stereocenters. The zero-order valence-corrected chi connectivity index (χ0v) is 30.3. The second-order valence-electron chi connectivity index (χ2n) is 12.9. The predicted octanol–water partition coefficient (Wildman–Crippen LogP) is 8.91. The molecule has 0 fully saturated rings. The number of carbonyl (C=O) groups is 2. The maximum absolute atomic E-state index is 14.0. The number of nitrogens with zero attached hydrogens (tertiary/aromatic N) is 1. The fourth-order valence-electron chi connectivity index (χ4n) is 5.59. The van der Waals surface area contributed by atoms with Crippen molar-refractivity contribution in [3.05, 3.63) is 127 Å². The molecule has 0 bridgehead atoms. The normalized spacial score (nSPS) is 13.4. The molecule has 0 spiro atoms. The molecular weight excluding hydrogens is 626 g/mol. The molecule has 0 saturated heterocycles. The lowest BCUT2D eigenvalue weighted by molar-refractivity contribution is -0.161. The molecule has 0 radical (unpaired) electrons. The summed E-state index contributed by atoms with van der Waals surface area (Å²) in [5, 5.41) is 0. The number of carbonyl (C=O) groups excluding carboxylic acids is 2. The van der Waals surface area contributed by atoms with Crippen molar-refractivity contribution in [2.75, 3.05) is 20.3 Å². The van der Waals surface area contributed by atoms with Crippen molar-refractivity contribution in [3.63, 3.8) is 0 Å². The van der Waals surface area contributed by atoms with Crippen LogP contribution in [0.25, 0.3) is 0 Å². The third kappa shape index (κ3) is 15.1. The van der Waals surface area contributed by atoms with E-state index >= 15 is 0 Å². The Hall–Kier alpha value is -4.20. The quantitative estimate of drug-likeness (QED) is 0.0505. The fourth-order valence-corrected chi connectivity index (χ4v) is 5.59. The summed E-state index contributed by atoms with van der Waals surface area (Å²) >= 11 is 0. The molecule has 0 aliphatic rings. The summed E-state index contributed by atoms with van der Waals surface area (Å²) in [7, 11) is 1.68. The van der Waals surface area contributed by atoms with Gasteiger partial charge < -0.3 is 23.8 Å². The molecule has 0 saturated carbocycles. The van der Waals surface area contributed by atoms with Gasteiger partial charge in [0.2, 0.25) is 5.91 Å². The Labute approximate surface area is 300 Å². The van der Waals surface area contributed by atoms with E-state index in [1.54, 1.807) is 13.1 Å². The third-order valence-electron chi connectivity index (χ3n) is 8.75. The van der Waals surface area contributed by atoms with Crippen LogP contribution in [-0.2, 0) is 43.4 Å². The summed E-state index contributed by atoms with van der Waals surface area (Å²) in [6, 6.07) is 27.0. The van der Waals surface area contributed by atoms with Gasteiger partial charge in [0.1, 0.15) is 24.5 Å². The summed E-state index contributed by atoms with van der Waals surface area (Å²) in [6.45, 7) is 13.9. The Bertz CT molecular complexity index is 1390. The van der Waals surface area contributed by atoms with E-state index in [0.717, 1.165) is 36.0 Å². The van der Waals surface area contributed by atoms with Crippen LogP contribution in [0.5, 0.6) is 5.75 Å². The maximum Gasteiger partial charge on any atom is 0.329 e. The van der Waals surface area contributed by atoms with Gasteiger partial charge >= 0.3 is 5.97 Å². The van der Waals surface area contributed by atoms with Gasteiger partial charge in [0, 0.05) is 26.3 Å². The largest absolute Gasteiger partial charge is 0.491 e. The number of rotatable bonds is 25. The Balaban J connectivity index is 1.68. The van der Waals surface area contributed by atoms with Gasteiger partial charge in [-0.1, -0.05) is 105 Å². The van der Waals surface area contributed by atoms with Gasteiger partial charge in [0.15, 0.2) is 0 Å². The standard InChI is InChI=1S/C43H57NO6/c1-6-9-21-42(45)44(5)41(30-35-23-26-38(27-24-35)48-29-28-47-32-36-17-12-10-13-18-36)43(46)50-40(25-22-34(4)8-3)31-39(16-7-2)49-33-37-19-14-11-15-20-37/h6,8,10-15,17-20,23-24,26-27,34,39-41H,1,3,7,9,16,21-22,25,28-33H2,2,4-5H3/t34-,39+,40+,41+/m1/s1. The van der Waals surface area contributed by atoms with E-state index in [-0.39, 0.29) is 30.5 Å². The van der Waals surface area contributed by atoms with Crippen molar-refractivity contribution in [3.8, 4) is 5.75 Å². The minimum absolute atomic E-state index is 0.0706. The zero-order valence-electron chi connectivity index (χ0n) is 30.3. The topological polar surface area (TPSA) is 74.3 Å². The number of hydrogen-bond donors (Lipinski definition) is 0. The van der Waals surface area contributed by atoms with Crippen LogP contribution in [0.2, 0.25) is 0 Å². The Kier molecular flexibility index (Phi) is 18.7. The molecule has 0 aliphatic heterocycles. The van der Waals surface area contributed by atoms with Gasteiger partial charge in [-0.25, -0.2) is 4.79 Å². The summed E-state index contributed by atoms with van der Waals surface area (Å²) in [6.07, 6.45) is 8.22. The first kappa shape index (κ1) is 40.2. The monoisotopic (exact) mass is 683 g/mol.